The second-order valence-corrected chi connectivity index (χ2v) is 2.33. The Kier molecular flexibility index (Phi) is 15.0. The maximum Gasteiger partial charge on any atom is 1.00 e. The molecule has 0 aromatic heterocycles. The fourth-order valence-electron chi connectivity index (χ4n) is 0. The minimum atomic E-state index is -4.69. The van der Waals surface area contributed by atoms with Gasteiger partial charge in [-0.2, -0.15) is 0 Å². The van der Waals surface area contributed by atoms with Crippen molar-refractivity contribution >= 4 is 7.82 Å². The van der Waals surface area contributed by atoms with E-state index < -0.39 is 24.4 Å². The van der Waals surface area contributed by atoms with Crippen molar-refractivity contribution in [2.75, 3.05) is 0 Å². The van der Waals surface area contributed by atoms with Crippen molar-refractivity contribution in [1.82, 2.24) is 0 Å². The van der Waals surface area contributed by atoms with Gasteiger partial charge in [0.05, 0.1) is 0 Å². The Labute approximate surface area is 84.6 Å². The first-order valence-electron chi connectivity index (χ1n) is 1.29. The van der Waals surface area contributed by atoms with Crippen molar-refractivity contribution in [3.8, 4) is 0 Å². The summed E-state index contributed by atoms with van der Waals surface area (Å²) in [6.45, 7) is 0. The van der Waals surface area contributed by atoms with Crippen LogP contribution in [-0.4, -0.2) is 14.7 Å². The summed E-state index contributed by atoms with van der Waals surface area (Å²) >= 11 is -4.69. The van der Waals surface area contributed by atoms with Crippen molar-refractivity contribution in [3.63, 3.8) is 0 Å². The molecule has 0 aromatic rings. The summed E-state index contributed by atoms with van der Waals surface area (Å²) in [6, 6.07) is 0. The predicted molar refractivity (Wildman–Crippen MR) is 18.7 cm³/mol. The van der Waals surface area contributed by atoms with Crippen molar-refractivity contribution in [2.24, 2.45) is 0 Å². The van der Waals surface area contributed by atoms with Crippen LogP contribution in [0.2, 0.25) is 0 Å². The molecule has 0 saturated heterocycles. The van der Waals surface area contributed by atoms with E-state index in [1.165, 1.54) is 0 Å². The molecule has 0 spiro atoms. The number of halogens is 3. The summed E-state index contributed by atoms with van der Waals surface area (Å²) in [6.07, 6.45) is 0. The zero-order chi connectivity index (χ0) is 8.08. The maximum atomic E-state index is 9.81. The smallest absolute Gasteiger partial charge is 1.00 e. The van der Waals surface area contributed by atoms with Crippen LogP contribution >= 0.6 is 7.82 Å². The van der Waals surface area contributed by atoms with Crippen LogP contribution in [0.15, 0.2) is 0 Å². The third-order valence-corrected chi connectivity index (χ3v) is 0. The molecule has 4 nitrogen and oxygen atoms in total. The van der Waals surface area contributed by atoms with Gasteiger partial charge in [-0.1, -0.05) is 0 Å². The van der Waals surface area contributed by atoms with Crippen molar-refractivity contribution in [3.05, 3.63) is 0 Å². The summed E-state index contributed by atoms with van der Waals surface area (Å²) in [7, 11) is -4.64. The Morgan fingerprint density at radius 1 is 1.20 bits per heavy atom. The molecule has 0 aliphatic carbocycles. The molecule has 0 unspecified atom stereocenters. The number of hydrogen-bond acceptors (Lipinski definition) is 1. The number of rotatable bonds is 0. The second-order valence-electron chi connectivity index (χ2n) is 0.705. The predicted octanol–water partition coefficient (Wildman–Crippen LogP) is -2.55. The van der Waals surface area contributed by atoms with Crippen LogP contribution in [0.1, 0.15) is 1.43 Å². The fraction of sp³-hybridized carbons (Fsp3) is 0. The molecule has 0 bridgehead atoms. The van der Waals surface area contributed by atoms with Gasteiger partial charge in [0, 0.05) is 0 Å². The van der Waals surface area contributed by atoms with E-state index in [1.54, 1.807) is 0 Å². The zero-order valence-electron chi connectivity index (χ0n) is 5.78. The van der Waals surface area contributed by atoms with Gasteiger partial charge in [0.15, 0.2) is 0 Å². The summed E-state index contributed by atoms with van der Waals surface area (Å²) in [4.78, 5) is 21.6. The number of hydrogen-bond donors (Lipinski definition) is 3. The first-order chi connectivity index (χ1) is 3.73. The molecule has 0 aliphatic heterocycles. The van der Waals surface area contributed by atoms with Gasteiger partial charge < -0.3 is 16.1 Å². The normalized spacial score (nSPS) is 9.50. The standard InChI is InChI=1S/3FH.Na.H3O4P.V.H/c;;;;1-5(2,3)4;;/h3*1H;;(H3,1,2,3,4);;/q;;;+1;;+3;-1/p-3. The molecule has 0 heterocycles. The largest absolute Gasteiger partial charge is 1.00 e. The summed E-state index contributed by atoms with van der Waals surface area (Å²) in [5.41, 5.74) is 0. The van der Waals surface area contributed by atoms with Gasteiger partial charge in [-0.3, -0.25) is 0 Å². The van der Waals surface area contributed by atoms with Gasteiger partial charge in [0.1, 0.15) is 0 Å². The summed E-state index contributed by atoms with van der Waals surface area (Å²) in [5, 5.41) is 0. The van der Waals surface area contributed by atoms with Crippen LogP contribution < -0.4 is 29.6 Å². The van der Waals surface area contributed by atoms with E-state index in [4.69, 9.17) is 19.2 Å². The SMILES string of the molecule is O=P(O)(O)O.[F][V]([F])[F].[H-].[Na+]. The molecule has 10 heavy (non-hydrogen) atoms. The van der Waals surface area contributed by atoms with E-state index in [2.05, 4.69) is 0 Å². The van der Waals surface area contributed by atoms with Gasteiger partial charge >= 0.3 is 64.2 Å². The van der Waals surface area contributed by atoms with Crippen molar-refractivity contribution in [2.45, 2.75) is 0 Å². The molecule has 3 N–H and O–H groups in total. The average molecular weight is 230 g/mol. The van der Waals surface area contributed by atoms with E-state index in [9.17, 15) is 10.2 Å². The Hall–Kier alpha value is 1.48. The van der Waals surface area contributed by atoms with E-state index in [-0.39, 0.29) is 31.0 Å². The molecule has 0 aromatic carbocycles. The first kappa shape index (κ1) is 17.5. The van der Waals surface area contributed by atoms with E-state index in [0.29, 0.717) is 0 Å². The van der Waals surface area contributed by atoms with Crippen LogP contribution in [0, 0.1) is 0 Å². The number of phosphoric acid groups is 1. The molecule has 0 fully saturated rings. The zero-order valence-corrected chi connectivity index (χ0v) is 9.07. The minimum Gasteiger partial charge on any atom is -1.00 e. The van der Waals surface area contributed by atoms with Gasteiger partial charge in [0.25, 0.3) is 0 Å². The minimum absolute atomic E-state index is 0. The molecule has 0 aliphatic rings. The van der Waals surface area contributed by atoms with Crippen LogP contribution in [0.25, 0.3) is 0 Å². The van der Waals surface area contributed by atoms with E-state index >= 15 is 0 Å². The Balaban J connectivity index is -0.0000000383. The van der Waals surface area contributed by atoms with E-state index in [0.717, 1.165) is 0 Å². The third kappa shape index (κ3) is 310. The molecular formula is H4F3NaO4PV. The van der Waals surface area contributed by atoms with E-state index in [1.807, 2.05) is 0 Å². The van der Waals surface area contributed by atoms with Gasteiger partial charge in [0.2, 0.25) is 0 Å². The van der Waals surface area contributed by atoms with Gasteiger partial charge in [-0.15, -0.1) is 0 Å². The van der Waals surface area contributed by atoms with Crippen LogP contribution in [0.3, 0.4) is 0 Å². The molecule has 0 atom stereocenters. The van der Waals surface area contributed by atoms with Crippen molar-refractivity contribution in [1.29, 1.82) is 0 Å². The quantitative estimate of drug-likeness (QED) is 0.316. The molecule has 0 saturated carbocycles. The fourth-order valence-corrected chi connectivity index (χ4v) is 0. The average Bonchev–Trinajstić information content (AvgIpc) is 1.19. The first-order valence-corrected chi connectivity index (χ1v) is 4.44. The summed E-state index contributed by atoms with van der Waals surface area (Å²) in [5.74, 6) is 0. The maximum absolute atomic E-state index is 9.81. The molecular weight excluding hydrogens is 226 g/mol. The Bertz CT molecular complexity index is 96.5. The van der Waals surface area contributed by atoms with Crippen LogP contribution in [0.4, 0.5) is 10.2 Å². The monoisotopic (exact) mass is 230 g/mol. The van der Waals surface area contributed by atoms with Crippen molar-refractivity contribution < 1.29 is 77.1 Å². The Morgan fingerprint density at radius 2 is 1.20 bits per heavy atom. The van der Waals surface area contributed by atoms with Crippen LogP contribution in [0.5, 0.6) is 0 Å². The Morgan fingerprint density at radius 3 is 1.20 bits per heavy atom. The van der Waals surface area contributed by atoms with Gasteiger partial charge in [-0.05, 0) is 0 Å². The van der Waals surface area contributed by atoms with Crippen LogP contribution in [-0.2, 0) is 21.2 Å². The third-order valence-electron chi connectivity index (χ3n) is 0. The van der Waals surface area contributed by atoms with Gasteiger partial charge in [-0.25, -0.2) is 4.57 Å². The molecule has 0 radical (unpaired) electrons. The second kappa shape index (κ2) is 8.58. The molecule has 0 amide bonds. The molecule has 0 rings (SSSR count). The topological polar surface area (TPSA) is 77.8 Å². The molecule has 60 valence electrons. The summed E-state index contributed by atoms with van der Waals surface area (Å²) < 4.78 is 38.3. The molecule has 10 heteroatoms.